The van der Waals surface area contributed by atoms with Crippen LogP contribution in [0, 0.1) is 0 Å². The zero-order valence-electron chi connectivity index (χ0n) is 14.4. The Kier molecular flexibility index (Phi) is 3.95. The van der Waals surface area contributed by atoms with Crippen molar-refractivity contribution in [1.29, 1.82) is 0 Å². The van der Waals surface area contributed by atoms with E-state index in [4.69, 9.17) is 4.42 Å². The van der Waals surface area contributed by atoms with E-state index in [1.807, 2.05) is 24.3 Å². The van der Waals surface area contributed by atoms with Crippen LogP contribution in [0.1, 0.15) is 29.3 Å². The fourth-order valence-corrected chi connectivity index (χ4v) is 3.45. The van der Waals surface area contributed by atoms with Gasteiger partial charge in [-0.2, -0.15) is 0 Å². The van der Waals surface area contributed by atoms with Gasteiger partial charge in [0.05, 0.1) is 5.52 Å². The number of hydrogen-bond acceptors (Lipinski definition) is 4. The first kappa shape index (κ1) is 16.3. The number of carbonyl (C=O) groups is 2. The molecule has 0 saturated heterocycles. The Morgan fingerprint density at radius 1 is 1.15 bits per heavy atom. The number of para-hydroxylation sites is 1. The van der Waals surface area contributed by atoms with Gasteiger partial charge in [0.1, 0.15) is 6.54 Å². The molecule has 0 saturated carbocycles. The van der Waals surface area contributed by atoms with Gasteiger partial charge in [0.15, 0.2) is 11.4 Å². The van der Waals surface area contributed by atoms with Crippen molar-refractivity contribution in [2.75, 3.05) is 11.4 Å². The first-order chi connectivity index (χ1) is 12.5. The highest BCUT2D eigenvalue weighted by atomic mass is 16.4. The number of amides is 1. The molecule has 1 amide bonds. The zero-order valence-corrected chi connectivity index (χ0v) is 14.4. The zero-order chi connectivity index (χ0) is 18.3. The van der Waals surface area contributed by atoms with E-state index in [-0.39, 0.29) is 18.2 Å². The minimum Gasteiger partial charge on any atom is -0.408 e. The van der Waals surface area contributed by atoms with E-state index in [0.29, 0.717) is 23.2 Å². The van der Waals surface area contributed by atoms with Gasteiger partial charge in [-0.15, -0.1) is 0 Å². The van der Waals surface area contributed by atoms with Crippen molar-refractivity contribution >= 4 is 28.5 Å². The Bertz CT molecular complexity index is 1080. The molecule has 26 heavy (non-hydrogen) atoms. The van der Waals surface area contributed by atoms with Crippen LogP contribution in [-0.2, 0) is 17.8 Å². The van der Waals surface area contributed by atoms with Crippen LogP contribution in [0.2, 0.25) is 0 Å². The highest BCUT2D eigenvalue weighted by Crippen LogP contribution is 2.27. The second kappa shape index (κ2) is 6.29. The first-order valence-corrected chi connectivity index (χ1v) is 8.57. The second-order valence-corrected chi connectivity index (χ2v) is 6.47. The molecule has 132 valence electrons. The fourth-order valence-electron chi connectivity index (χ4n) is 3.45. The van der Waals surface area contributed by atoms with Gasteiger partial charge in [-0.3, -0.25) is 14.2 Å². The van der Waals surface area contributed by atoms with E-state index in [0.717, 1.165) is 24.1 Å². The lowest BCUT2D eigenvalue weighted by Crippen LogP contribution is -2.39. The molecule has 0 aliphatic carbocycles. The summed E-state index contributed by atoms with van der Waals surface area (Å²) in [5, 5.41) is 0. The minimum atomic E-state index is -0.598. The molecule has 3 aromatic rings. The number of nitrogens with zero attached hydrogens (tertiary/aromatic N) is 2. The smallest absolute Gasteiger partial charge is 0.408 e. The van der Waals surface area contributed by atoms with E-state index >= 15 is 0 Å². The van der Waals surface area contributed by atoms with Crippen LogP contribution >= 0.6 is 0 Å². The van der Waals surface area contributed by atoms with Gasteiger partial charge in [-0.25, -0.2) is 4.79 Å². The normalized spacial score (nSPS) is 13.7. The minimum absolute atomic E-state index is 0.0976. The summed E-state index contributed by atoms with van der Waals surface area (Å²) in [5.41, 5.74) is 3.34. The predicted octanol–water partition coefficient (Wildman–Crippen LogP) is 2.78. The number of benzene rings is 2. The molecule has 0 unspecified atom stereocenters. The molecule has 6 nitrogen and oxygen atoms in total. The molecule has 1 aliphatic heterocycles. The number of carbonyl (C=O) groups excluding carboxylic acids is 2. The van der Waals surface area contributed by atoms with Crippen molar-refractivity contribution in [1.82, 2.24) is 4.57 Å². The van der Waals surface area contributed by atoms with Crippen molar-refractivity contribution in [3.05, 3.63) is 64.1 Å². The van der Waals surface area contributed by atoms with Crippen molar-refractivity contribution in [3.63, 3.8) is 0 Å². The summed E-state index contributed by atoms with van der Waals surface area (Å²) >= 11 is 0. The average molecular weight is 350 g/mol. The molecule has 6 heteroatoms. The van der Waals surface area contributed by atoms with Crippen molar-refractivity contribution < 1.29 is 14.0 Å². The van der Waals surface area contributed by atoms with E-state index in [9.17, 15) is 14.4 Å². The van der Waals surface area contributed by atoms with Crippen LogP contribution in [0.5, 0.6) is 0 Å². The van der Waals surface area contributed by atoms with Gasteiger partial charge in [-0.1, -0.05) is 18.2 Å². The Morgan fingerprint density at radius 3 is 2.77 bits per heavy atom. The molecule has 0 atom stereocenters. The van der Waals surface area contributed by atoms with Gasteiger partial charge in [-0.05, 0) is 49.6 Å². The number of aryl methyl sites for hydroxylation is 1. The van der Waals surface area contributed by atoms with Gasteiger partial charge in [0.25, 0.3) is 0 Å². The summed E-state index contributed by atoms with van der Waals surface area (Å²) in [6, 6.07) is 12.7. The molecule has 0 spiro atoms. The summed E-state index contributed by atoms with van der Waals surface area (Å²) in [7, 11) is 0. The lowest BCUT2D eigenvalue weighted by Gasteiger charge is -2.29. The third-order valence-corrected chi connectivity index (χ3v) is 4.78. The van der Waals surface area contributed by atoms with Crippen molar-refractivity contribution in [2.45, 2.75) is 26.3 Å². The molecular formula is C20H18N2O4. The van der Waals surface area contributed by atoms with Crippen LogP contribution in [0.25, 0.3) is 11.1 Å². The number of ketones is 1. The Labute approximate surface area is 149 Å². The van der Waals surface area contributed by atoms with E-state index in [1.54, 1.807) is 17.0 Å². The number of anilines is 1. The molecule has 0 fully saturated rings. The molecule has 4 rings (SSSR count). The summed E-state index contributed by atoms with van der Waals surface area (Å²) in [4.78, 5) is 38.3. The lowest BCUT2D eigenvalue weighted by atomic mass is 10.0. The average Bonchev–Trinajstić information content (AvgIpc) is 2.95. The van der Waals surface area contributed by atoms with Crippen molar-refractivity contribution in [3.8, 4) is 0 Å². The Balaban J connectivity index is 1.68. The molecule has 1 aromatic heterocycles. The van der Waals surface area contributed by atoms with Gasteiger partial charge < -0.3 is 9.32 Å². The van der Waals surface area contributed by atoms with Crippen LogP contribution in [0.3, 0.4) is 0 Å². The maximum Gasteiger partial charge on any atom is 0.420 e. The summed E-state index contributed by atoms with van der Waals surface area (Å²) in [6.07, 6.45) is 1.84. The first-order valence-electron chi connectivity index (χ1n) is 8.57. The number of Topliss-reactive ketones (excluding diaryl/α,β-unsaturated/α-hetero) is 1. The van der Waals surface area contributed by atoms with E-state index < -0.39 is 5.76 Å². The number of hydrogen-bond donors (Lipinski definition) is 0. The molecular weight excluding hydrogens is 332 g/mol. The van der Waals surface area contributed by atoms with Crippen LogP contribution < -0.4 is 10.7 Å². The molecule has 2 heterocycles. The molecule has 0 bridgehead atoms. The van der Waals surface area contributed by atoms with Gasteiger partial charge in [0, 0.05) is 17.8 Å². The predicted molar refractivity (Wildman–Crippen MR) is 97.6 cm³/mol. The monoisotopic (exact) mass is 350 g/mol. The standard InChI is InChI=1S/C20H18N2O4/c1-13(23)15-8-9-17-18(11-15)26-20(25)22(17)12-19(24)21-10-4-6-14-5-2-3-7-16(14)21/h2-3,5,7-9,11H,4,6,10,12H2,1H3. The number of aromatic nitrogens is 1. The van der Waals surface area contributed by atoms with Gasteiger partial charge >= 0.3 is 5.76 Å². The summed E-state index contributed by atoms with van der Waals surface area (Å²) in [6.45, 7) is 1.99. The topological polar surface area (TPSA) is 72.5 Å². The van der Waals surface area contributed by atoms with Crippen molar-refractivity contribution in [2.24, 2.45) is 0 Å². The van der Waals surface area contributed by atoms with E-state index in [2.05, 4.69) is 0 Å². The SMILES string of the molecule is CC(=O)c1ccc2c(c1)oc(=O)n2CC(=O)N1CCCc2ccccc21. The summed E-state index contributed by atoms with van der Waals surface area (Å²) < 4.78 is 6.55. The third-order valence-electron chi connectivity index (χ3n) is 4.78. The highest BCUT2D eigenvalue weighted by molar-refractivity contribution is 5.98. The van der Waals surface area contributed by atoms with E-state index in [1.165, 1.54) is 17.6 Å². The molecule has 0 N–H and O–H groups in total. The third kappa shape index (κ3) is 2.73. The van der Waals surface area contributed by atoms with Gasteiger partial charge in [0.2, 0.25) is 5.91 Å². The largest absolute Gasteiger partial charge is 0.420 e. The highest BCUT2D eigenvalue weighted by Gasteiger charge is 2.24. The number of oxazole rings is 1. The lowest BCUT2D eigenvalue weighted by molar-refractivity contribution is -0.119. The molecule has 1 aliphatic rings. The summed E-state index contributed by atoms with van der Waals surface area (Å²) in [5.74, 6) is -0.861. The quantitative estimate of drug-likeness (QED) is 0.681. The van der Waals surface area contributed by atoms with Crippen LogP contribution in [0.15, 0.2) is 51.7 Å². The maximum atomic E-state index is 12.9. The maximum absolute atomic E-state index is 12.9. The molecule has 2 aromatic carbocycles. The fraction of sp³-hybridized carbons (Fsp3) is 0.250. The van der Waals surface area contributed by atoms with Crippen LogP contribution in [0.4, 0.5) is 5.69 Å². The van der Waals surface area contributed by atoms with Crippen LogP contribution in [-0.4, -0.2) is 22.8 Å². The number of fused-ring (bicyclic) bond motifs is 2. The number of rotatable bonds is 3. The second-order valence-electron chi connectivity index (χ2n) is 6.47. The molecule has 0 radical (unpaired) electrons. The Hall–Kier alpha value is -3.15. The Morgan fingerprint density at radius 2 is 1.96 bits per heavy atom.